The molecular formula is C15H11Cl2FO. The number of ketones is 1. The number of hydrogen-bond donors (Lipinski definition) is 0. The highest BCUT2D eigenvalue weighted by Crippen LogP contribution is 2.23. The lowest BCUT2D eigenvalue weighted by molar-refractivity contribution is 0.0992. The average molecular weight is 297 g/mol. The van der Waals surface area contributed by atoms with Gasteiger partial charge in [-0.1, -0.05) is 35.3 Å². The zero-order chi connectivity index (χ0) is 14.0. The highest BCUT2D eigenvalue weighted by atomic mass is 35.5. The van der Waals surface area contributed by atoms with Crippen LogP contribution in [0.15, 0.2) is 36.4 Å². The fourth-order valence-electron chi connectivity index (χ4n) is 1.83. The smallest absolute Gasteiger partial charge is 0.167 e. The lowest BCUT2D eigenvalue weighted by Crippen LogP contribution is -2.06. The molecule has 98 valence electrons. The van der Waals surface area contributed by atoms with Crippen LogP contribution >= 0.6 is 23.2 Å². The van der Waals surface area contributed by atoms with Crippen LogP contribution in [0, 0.1) is 12.7 Å². The maximum atomic E-state index is 13.2. The summed E-state index contributed by atoms with van der Waals surface area (Å²) in [5, 5.41) is 0.957. The summed E-state index contributed by atoms with van der Waals surface area (Å²) in [7, 11) is 0. The van der Waals surface area contributed by atoms with E-state index >= 15 is 0 Å². The van der Waals surface area contributed by atoms with Crippen LogP contribution in [0.25, 0.3) is 0 Å². The molecule has 0 fully saturated rings. The maximum Gasteiger partial charge on any atom is 0.167 e. The molecule has 0 N–H and O–H groups in total. The lowest BCUT2D eigenvalue weighted by atomic mass is 9.99. The van der Waals surface area contributed by atoms with Crippen LogP contribution in [0.5, 0.6) is 0 Å². The molecule has 0 bridgehead atoms. The van der Waals surface area contributed by atoms with Crippen molar-refractivity contribution in [1.29, 1.82) is 0 Å². The number of rotatable bonds is 3. The van der Waals surface area contributed by atoms with Gasteiger partial charge in [-0.2, -0.15) is 0 Å². The summed E-state index contributed by atoms with van der Waals surface area (Å²) < 4.78 is 13.2. The van der Waals surface area contributed by atoms with Gasteiger partial charge in [0.1, 0.15) is 5.82 Å². The van der Waals surface area contributed by atoms with Gasteiger partial charge in [-0.05, 0) is 42.3 Å². The second kappa shape index (κ2) is 5.72. The molecule has 4 heteroatoms. The largest absolute Gasteiger partial charge is 0.294 e. The molecule has 0 saturated heterocycles. The van der Waals surface area contributed by atoms with Gasteiger partial charge in [0.15, 0.2) is 5.78 Å². The Morgan fingerprint density at radius 3 is 2.58 bits per heavy atom. The molecule has 1 nitrogen and oxygen atoms in total. The predicted octanol–water partition coefficient (Wildman–Crippen LogP) is 4.87. The van der Waals surface area contributed by atoms with Crippen LogP contribution in [0.2, 0.25) is 10.0 Å². The highest BCUT2D eigenvalue weighted by molar-refractivity contribution is 6.35. The summed E-state index contributed by atoms with van der Waals surface area (Å²) in [6, 6.07) is 9.14. The van der Waals surface area contributed by atoms with Crippen molar-refractivity contribution in [1.82, 2.24) is 0 Å². The molecular weight excluding hydrogens is 286 g/mol. The Hall–Kier alpha value is -1.38. The molecule has 0 radical (unpaired) electrons. The molecule has 0 atom stereocenters. The Bertz CT molecular complexity index is 638. The summed E-state index contributed by atoms with van der Waals surface area (Å²) in [5.41, 5.74) is 1.81. The normalized spacial score (nSPS) is 10.5. The van der Waals surface area contributed by atoms with Crippen molar-refractivity contribution < 1.29 is 9.18 Å². The monoisotopic (exact) mass is 296 g/mol. The first-order valence-electron chi connectivity index (χ1n) is 5.70. The van der Waals surface area contributed by atoms with Gasteiger partial charge in [0, 0.05) is 22.0 Å². The number of hydrogen-bond acceptors (Lipinski definition) is 1. The minimum atomic E-state index is -0.420. The van der Waals surface area contributed by atoms with Gasteiger partial charge in [0.25, 0.3) is 0 Å². The van der Waals surface area contributed by atoms with Crippen molar-refractivity contribution in [3.63, 3.8) is 0 Å². The quantitative estimate of drug-likeness (QED) is 0.739. The first-order valence-corrected chi connectivity index (χ1v) is 6.46. The predicted molar refractivity (Wildman–Crippen MR) is 75.6 cm³/mol. The zero-order valence-corrected chi connectivity index (χ0v) is 11.7. The minimum Gasteiger partial charge on any atom is -0.294 e. The van der Waals surface area contributed by atoms with E-state index < -0.39 is 5.82 Å². The molecule has 2 rings (SSSR count). The fourth-order valence-corrected chi connectivity index (χ4v) is 2.30. The van der Waals surface area contributed by atoms with E-state index in [1.54, 1.807) is 31.2 Å². The number of carbonyl (C=O) groups excluding carboxylic acids is 1. The summed E-state index contributed by atoms with van der Waals surface area (Å²) in [6.45, 7) is 1.77. The van der Waals surface area contributed by atoms with Crippen LogP contribution < -0.4 is 0 Å². The van der Waals surface area contributed by atoms with E-state index in [-0.39, 0.29) is 12.2 Å². The van der Waals surface area contributed by atoms with Gasteiger partial charge in [-0.15, -0.1) is 0 Å². The molecule has 0 aliphatic carbocycles. The minimum absolute atomic E-state index is 0.125. The van der Waals surface area contributed by atoms with E-state index in [1.807, 2.05) is 0 Å². The number of carbonyl (C=O) groups is 1. The summed E-state index contributed by atoms with van der Waals surface area (Å²) >= 11 is 11.8. The van der Waals surface area contributed by atoms with Crippen molar-refractivity contribution in [3.05, 3.63) is 69.0 Å². The Morgan fingerprint density at radius 2 is 1.89 bits per heavy atom. The molecule has 0 heterocycles. The van der Waals surface area contributed by atoms with Gasteiger partial charge in [-0.25, -0.2) is 4.39 Å². The van der Waals surface area contributed by atoms with Crippen LogP contribution in [0.1, 0.15) is 21.5 Å². The Kier molecular flexibility index (Phi) is 4.23. The summed E-state index contributed by atoms with van der Waals surface area (Å²) in [6.07, 6.45) is 0.125. The van der Waals surface area contributed by atoms with Gasteiger partial charge in [-0.3, -0.25) is 4.79 Å². The van der Waals surface area contributed by atoms with Gasteiger partial charge < -0.3 is 0 Å². The molecule has 0 unspecified atom stereocenters. The molecule has 2 aromatic rings. The van der Waals surface area contributed by atoms with Crippen LogP contribution in [0.4, 0.5) is 4.39 Å². The molecule has 0 amide bonds. The number of Topliss-reactive ketones (excluding diaryl/α,β-unsaturated/α-hetero) is 1. The second-order valence-electron chi connectivity index (χ2n) is 4.29. The van der Waals surface area contributed by atoms with E-state index in [1.165, 1.54) is 12.1 Å². The lowest BCUT2D eigenvalue weighted by Gasteiger charge is -2.07. The third kappa shape index (κ3) is 3.34. The van der Waals surface area contributed by atoms with E-state index in [4.69, 9.17) is 23.2 Å². The molecule has 0 saturated carbocycles. The van der Waals surface area contributed by atoms with Crippen LogP contribution in [-0.4, -0.2) is 5.78 Å². The topological polar surface area (TPSA) is 17.1 Å². The van der Waals surface area contributed by atoms with Crippen molar-refractivity contribution in [3.8, 4) is 0 Å². The van der Waals surface area contributed by atoms with E-state index in [0.717, 1.165) is 5.56 Å². The molecule has 2 aromatic carbocycles. The average Bonchev–Trinajstić information content (AvgIpc) is 2.35. The number of benzene rings is 2. The number of halogens is 3. The van der Waals surface area contributed by atoms with Gasteiger partial charge in [0.2, 0.25) is 0 Å². The van der Waals surface area contributed by atoms with Crippen molar-refractivity contribution >= 4 is 29.0 Å². The highest BCUT2D eigenvalue weighted by Gasteiger charge is 2.13. The van der Waals surface area contributed by atoms with E-state index in [0.29, 0.717) is 21.2 Å². The molecule has 0 aliphatic heterocycles. The van der Waals surface area contributed by atoms with Gasteiger partial charge >= 0.3 is 0 Å². The Balaban J connectivity index is 2.28. The summed E-state index contributed by atoms with van der Waals surface area (Å²) in [4.78, 5) is 12.2. The molecule has 0 aromatic heterocycles. The van der Waals surface area contributed by atoms with Crippen molar-refractivity contribution in [2.75, 3.05) is 0 Å². The van der Waals surface area contributed by atoms with Crippen molar-refractivity contribution in [2.24, 2.45) is 0 Å². The third-order valence-corrected chi connectivity index (χ3v) is 3.45. The maximum absolute atomic E-state index is 13.2. The second-order valence-corrected chi connectivity index (χ2v) is 5.14. The Labute approximate surface area is 121 Å². The molecule has 0 spiro atoms. The molecule has 19 heavy (non-hydrogen) atoms. The third-order valence-electron chi connectivity index (χ3n) is 2.87. The van der Waals surface area contributed by atoms with Gasteiger partial charge in [0.05, 0.1) is 0 Å². The standard InChI is InChI=1S/C15H11Cl2FO/c1-9-2-5-12(18)8-13(9)15(19)6-10-3-4-11(16)7-14(10)17/h2-5,7-8H,6H2,1H3. The van der Waals surface area contributed by atoms with E-state index in [9.17, 15) is 9.18 Å². The molecule has 0 aliphatic rings. The Morgan fingerprint density at radius 1 is 1.16 bits per heavy atom. The zero-order valence-electron chi connectivity index (χ0n) is 10.2. The van der Waals surface area contributed by atoms with Crippen LogP contribution in [-0.2, 0) is 6.42 Å². The van der Waals surface area contributed by atoms with Crippen LogP contribution in [0.3, 0.4) is 0 Å². The number of aryl methyl sites for hydroxylation is 1. The summed E-state index contributed by atoms with van der Waals surface area (Å²) in [5.74, 6) is -0.586. The van der Waals surface area contributed by atoms with E-state index in [2.05, 4.69) is 0 Å². The van der Waals surface area contributed by atoms with Crippen molar-refractivity contribution in [2.45, 2.75) is 13.3 Å². The fraction of sp³-hybridized carbons (Fsp3) is 0.133. The first kappa shape index (κ1) is 14.0. The first-order chi connectivity index (χ1) is 8.97. The SMILES string of the molecule is Cc1ccc(F)cc1C(=O)Cc1ccc(Cl)cc1Cl.